The first kappa shape index (κ1) is 11.9. The van der Waals surface area contributed by atoms with E-state index in [1.165, 1.54) is 13.8 Å². The molecule has 0 aromatic carbocycles. The minimum atomic E-state index is -1.30. The summed E-state index contributed by atoms with van der Waals surface area (Å²) in [7, 11) is 0. The molecule has 0 fully saturated rings. The Hall–Kier alpha value is -1.10. The summed E-state index contributed by atoms with van der Waals surface area (Å²) in [6.07, 6.45) is -1.30. The van der Waals surface area contributed by atoms with Crippen LogP contribution < -0.4 is 5.32 Å². The third-order valence-corrected chi connectivity index (χ3v) is 1.43. The zero-order valence-electron chi connectivity index (χ0n) is 8.03. The van der Waals surface area contributed by atoms with Gasteiger partial charge in [0, 0.05) is 6.92 Å². The molecule has 0 aliphatic heterocycles. The number of aliphatic hydroxyl groups excluding tert-OH is 1. The molecule has 0 saturated carbocycles. The smallest absolute Gasteiger partial charge is 0.337 e. The van der Waals surface area contributed by atoms with Crippen molar-refractivity contribution in [2.75, 3.05) is 6.61 Å². The van der Waals surface area contributed by atoms with E-state index in [0.29, 0.717) is 0 Å². The highest BCUT2D eigenvalue weighted by atomic mass is 16.5. The van der Waals surface area contributed by atoms with E-state index in [2.05, 4.69) is 10.1 Å². The molecule has 5 heteroatoms. The van der Waals surface area contributed by atoms with Crippen LogP contribution in [0.2, 0.25) is 0 Å². The van der Waals surface area contributed by atoms with E-state index < -0.39 is 18.1 Å². The van der Waals surface area contributed by atoms with Gasteiger partial charge in [0.05, 0.1) is 12.6 Å². The molecule has 0 aliphatic rings. The SMILES string of the molecule is CCOC(=O)C(O)C(C)NC(C)=O. The van der Waals surface area contributed by atoms with Crippen LogP contribution in [-0.4, -0.2) is 35.7 Å². The van der Waals surface area contributed by atoms with Crippen LogP contribution in [0.25, 0.3) is 0 Å². The summed E-state index contributed by atoms with van der Waals surface area (Å²) in [5, 5.41) is 11.7. The maximum absolute atomic E-state index is 10.9. The van der Waals surface area contributed by atoms with E-state index in [1.54, 1.807) is 6.92 Å². The molecule has 2 N–H and O–H groups in total. The number of amides is 1. The molecule has 5 nitrogen and oxygen atoms in total. The summed E-state index contributed by atoms with van der Waals surface area (Å²) in [5.41, 5.74) is 0. The zero-order valence-corrected chi connectivity index (χ0v) is 8.03. The molecule has 0 saturated heterocycles. The van der Waals surface area contributed by atoms with Crippen molar-refractivity contribution >= 4 is 11.9 Å². The molecule has 1 amide bonds. The minimum Gasteiger partial charge on any atom is -0.464 e. The summed E-state index contributed by atoms with van der Waals surface area (Å²) in [6.45, 7) is 4.70. The van der Waals surface area contributed by atoms with Crippen molar-refractivity contribution in [2.45, 2.75) is 32.9 Å². The Morgan fingerprint density at radius 3 is 2.46 bits per heavy atom. The Labute approximate surface area is 77.1 Å². The second kappa shape index (κ2) is 5.53. The van der Waals surface area contributed by atoms with Crippen molar-refractivity contribution in [1.29, 1.82) is 0 Å². The van der Waals surface area contributed by atoms with E-state index in [1.807, 2.05) is 0 Å². The van der Waals surface area contributed by atoms with Crippen LogP contribution in [0.1, 0.15) is 20.8 Å². The maximum atomic E-state index is 10.9. The Morgan fingerprint density at radius 1 is 1.54 bits per heavy atom. The van der Waals surface area contributed by atoms with Crippen molar-refractivity contribution in [3.8, 4) is 0 Å². The second-order valence-electron chi connectivity index (χ2n) is 2.69. The molecule has 0 aromatic heterocycles. The van der Waals surface area contributed by atoms with Crippen LogP contribution in [0.5, 0.6) is 0 Å². The Morgan fingerprint density at radius 2 is 2.08 bits per heavy atom. The molecule has 0 spiro atoms. The van der Waals surface area contributed by atoms with Crippen LogP contribution in [0.15, 0.2) is 0 Å². The lowest BCUT2D eigenvalue weighted by atomic mass is 10.2. The first-order valence-electron chi connectivity index (χ1n) is 4.10. The van der Waals surface area contributed by atoms with Gasteiger partial charge in [0.2, 0.25) is 5.91 Å². The number of hydrogen-bond donors (Lipinski definition) is 2. The van der Waals surface area contributed by atoms with Gasteiger partial charge in [-0.05, 0) is 13.8 Å². The lowest BCUT2D eigenvalue weighted by molar-refractivity contribution is -0.154. The molecule has 13 heavy (non-hydrogen) atoms. The van der Waals surface area contributed by atoms with Crippen LogP contribution >= 0.6 is 0 Å². The second-order valence-corrected chi connectivity index (χ2v) is 2.69. The van der Waals surface area contributed by atoms with E-state index in [9.17, 15) is 14.7 Å². The van der Waals surface area contributed by atoms with Crippen molar-refractivity contribution in [3.05, 3.63) is 0 Å². The highest BCUT2D eigenvalue weighted by molar-refractivity contribution is 5.78. The Balaban J connectivity index is 4.00. The third-order valence-electron chi connectivity index (χ3n) is 1.43. The summed E-state index contributed by atoms with van der Waals surface area (Å²) < 4.78 is 4.57. The number of ether oxygens (including phenoxy) is 1. The first-order chi connectivity index (χ1) is 5.99. The van der Waals surface area contributed by atoms with E-state index >= 15 is 0 Å². The average molecular weight is 189 g/mol. The fourth-order valence-electron chi connectivity index (χ4n) is 0.831. The molecule has 0 rings (SSSR count). The third kappa shape index (κ3) is 4.47. The first-order valence-corrected chi connectivity index (χ1v) is 4.10. The fraction of sp³-hybridized carbons (Fsp3) is 0.750. The minimum absolute atomic E-state index is 0.211. The van der Waals surface area contributed by atoms with Gasteiger partial charge in [0.25, 0.3) is 0 Å². The van der Waals surface area contributed by atoms with E-state index in [-0.39, 0.29) is 12.5 Å². The van der Waals surface area contributed by atoms with Gasteiger partial charge >= 0.3 is 5.97 Å². The molecule has 2 unspecified atom stereocenters. The van der Waals surface area contributed by atoms with Crippen LogP contribution in [0.4, 0.5) is 0 Å². The van der Waals surface area contributed by atoms with Gasteiger partial charge in [-0.1, -0.05) is 0 Å². The van der Waals surface area contributed by atoms with Gasteiger partial charge in [-0.2, -0.15) is 0 Å². The van der Waals surface area contributed by atoms with Crippen molar-refractivity contribution in [1.82, 2.24) is 5.32 Å². The van der Waals surface area contributed by atoms with Crippen molar-refractivity contribution in [3.63, 3.8) is 0 Å². The molecule has 0 aromatic rings. The van der Waals surface area contributed by atoms with Gasteiger partial charge < -0.3 is 15.2 Å². The van der Waals surface area contributed by atoms with Gasteiger partial charge in [-0.3, -0.25) is 4.79 Å². The number of carbonyl (C=O) groups is 2. The number of carbonyl (C=O) groups excluding carboxylic acids is 2. The molecular formula is C8H15NO4. The lowest BCUT2D eigenvalue weighted by Gasteiger charge is -2.17. The number of nitrogens with one attached hydrogen (secondary N) is 1. The van der Waals surface area contributed by atoms with Crippen LogP contribution in [0.3, 0.4) is 0 Å². The van der Waals surface area contributed by atoms with Gasteiger partial charge in [0.1, 0.15) is 0 Å². The normalized spacial score (nSPS) is 14.5. The maximum Gasteiger partial charge on any atom is 0.337 e. The van der Waals surface area contributed by atoms with E-state index in [0.717, 1.165) is 0 Å². The quantitative estimate of drug-likeness (QED) is 0.581. The lowest BCUT2D eigenvalue weighted by Crippen LogP contribution is -2.44. The van der Waals surface area contributed by atoms with E-state index in [4.69, 9.17) is 0 Å². The van der Waals surface area contributed by atoms with Crippen molar-refractivity contribution < 1.29 is 19.4 Å². The summed E-state index contributed by atoms with van der Waals surface area (Å²) in [4.78, 5) is 21.5. The molecule has 0 aliphatic carbocycles. The average Bonchev–Trinajstić information content (AvgIpc) is 2.02. The number of esters is 1. The van der Waals surface area contributed by atoms with Gasteiger partial charge in [-0.15, -0.1) is 0 Å². The number of hydrogen-bond acceptors (Lipinski definition) is 4. The summed E-state index contributed by atoms with van der Waals surface area (Å²) in [5.74, 6) is -1.01. The predicted molar refractivity (Wildman–Crippen MR) is 45.9 cm³/mol. The highest BCUT2D eigenvalue weighted by Gasteiger charge is 2.23. The Kier molecular flexibility index (Phi) is 5.06. The zero-order chi connectivity index (χ0) is 10.4. The highest BCUT2D eigenvalue weighted by Crippen LogP contribution is 1.95. The summed E-state index contributed by atoms with van der Waals surface area (Å²) in [6, 6.07) is -0.628. The van der Waals surface area contributed by atoms with Gasteiger partial charge in [-0.25, -0.2) is 4.79 Å². The fourth-order valence-corrected chi connectivity index (χ4v) is 0.831. The topological polar surface area (TPSA) is 75.6 Å². The molecule has 76 valence electrons. The molecule has 0 heterocycles. The largest absolute Gasteiger partial charge is 0.464 e. The molecule has 0 radical (unpaired) electrons. The van der Waals surface area contributed by atoms with Crippen molar-refractivity contribution in [2.24, 2.45) is 0 Å². The molecule has 0 bridgehead atoms. The van der Waals surface area contributed by atoms with Crippen LogP contribution in [-0.2, 0) is 14.3 Å². The molecular weight excluding hydrogens is 174 g/mol. The van der Waals surface area contributed by atoms with Crippen LogP contribution in [0, 0.1) is 0 Å². The van der Waals surface area contributed by atoms with Gasteiger partial charge in [0.15, 0.2) is 6.10 Å². The number of rotatable bonds is 4. The monoisotopic (exact) mass is 189 g/mol. The summed E-state index contributed by atoms with van der Waals surface area (Å²) >= 11 is 0. The Bertz CT molecular complexity index is 193. The standard InChI is InChI=1S/C8H15NO4/c1-4-13-8(12)7(11)5(2)9-6(3)10/h5,7,11H,4H2,1-3H3,(H,9,10). The predicted octanol–water partition coefficient (Wildman–Crippen LogP) is -0.565. The number of aliphatic hydroxyl groups is 1. The molecule has 2 atom stereocenters.